The number of hydrogen-bond donors (Lipinski definition) is 1. The molecule has 1 aromatic rings. The molecule has 0 unspecified atom stereocenters. The van der Waals surface area contributed by atoms with E-state index in [-0.39, 0.29) is 6.42 Å². The maximum Gasteiger partial charge on any atom is 0.402 e. The summed E-state index contributed by atoms with van der Waals surface area (Å²) in [7, 11) is -5.57. The summed E-state index contributed by atoms with van der Waals surface area (Å²) in [5, 5.41) is -4.48. The van der Waals surface area contributed by atoms with E-state index >= 15 is 0 Å². The van der Waals surface area contributed by atoms with Crippen LogP contribution in [0.3, 0.4) is 0 Å². The minimum atomic E-state index is -5.57. The van der Waals surface area contributed by atoms with Gasteiger partial charge in [-0.3, -0.25) is 9.35 Å². The summed E-state index contributed by atoms with van der Waals surface area (Å²) >= 11 is 0. The van der Waals surface area contributed by atoms with Crippen molar-refractivity contribution in [3.8, 4) is 0 Å². The molecule has 1 N–H and O–H groups in total. The van der Waals surface area contributed by atoms with Crippen molar-refractivity contribution >= 4 is 16.1 Å². The van der Waals surface area contributed by atoms with Crippen LogP contribution in [0.4, 0.5) is 8.78 Å². The highest BCUT2D eigenvalue weighted by atomic mass is 32.2. The number of hydrogen-bond acceptors (Lipinski definition) is 4. The molecule has 0 saturated carbocycles. The lowest BCUT2D eigenvalue weighted by atomic mass is 10.1. The summed E-state index contributed by atoms with van der Waals surface area (Å²) in [5.41, 5.74) is 0.989. The van der Waals surface area contributed by atoms with Gasteiger partial charge in [-0.1, -0.05) is 30.3 Å². The third-order valence-corrected chi connectivity index (χ3v) is 3.34. The average molecular weight is 308 g/mol. The molecule has 8 heteroatoms. The highest BCUT2D eigenvalue weighted by Gasteiger charge is 2.45. The van der Waals surface area contributed by atoms with E-state index in [1.54, 1.807) is 0 Å². The topological polar surface area (TPSA) is 80.7 Å². The second-order valence-electron chi connectivity index (χ2n) is 4.11. The minimum Gasteiger partial charge on any atom is -0.458 e. The van der Waals surface area contributed by atoms with Crippen LogP contribution >= 0.6 is 0 Å². The van der Waals surface area contributed by atoms with Gasteiger partial charge in [0.2, 0.25) is 0 Å². The van der Waals surface area contributed by atoms with Crippen molar-refractivity contribution in [3.05, 3.63) is 35.9 Å². The molecule has 5 nitrogen and oxygen atoms in total. The molecular weight excluding hydrogens is 294 g/mol. The largest absolute Gasteiger partial charge is 0.458 e. The third kappa shape index (κ3) is 5.22. The molecule has 0 bridgehead atoms. The Labute approximate surface area is 115 Å². The van der Waals surface area contributed by atoms with Crippen LogP contribution in [0, 0.1) is 0 Å². The number of esters is 1. The number of halogens is 2. The molecule has 0 atom stereocenters. The Morgan fingerprint density at radius 2 is 1.85 bits per heavy atom. The van der Waals surface area contributed by atoms with Crippen molar-refractivity contribution < 1.29 is 31.3 Å². The Morgan fingerprint density at radius 3 is 2.40 bits per heavy atom. The molecule has 0 fully saturated rings. The zero-order chi connectivity index (χ0) is 15.2. The maximum absolute atomic E-state index is 12.8. The molecule has 0 aromatic heterocycles. The lowest BCUT2D eigenvalue weighted by molar-refractivity contribution is -0.149. The number of ether oxygens (including phenoxy) is 1. The van der Waals surface area contributed by atoms with Crippen LogP contribution in [-0.4, -0.2) is 30.8 Å². The molecule has 1 aromatic carbocycles. The fraction of sp³-hybridized carbons (Fsp3) is 0.417. The van der Waals surface area contributed by atoms with Crippen molar-refractivity contribution in [1.29, 1.82) is 0 Å². The lowest BCUT2D eigenvalue weighted by Crippen LogP contribution is -2.34. The average Bonchev–Trinajstić information content (AvgIpc) is 2.36. The highest BCUT2D eigenvalue weighted by molar-refractivity contribution is 7.86. The van der Waals surface area contributed by atoms with Gasteiger partial charge in [-0.2, -0.15) is 17.2 Å². The Morgan fingerprint density at radius 1 is 1.25 bits per heavy atom. The Bertz CT molecular complexity index is 542. The van der Waals surface area contributed by atoms with E-state index in [9.17, 15) is 22.0 Å². The van der Waals surface area contributed by atoms with Gasteiger partial charge in [0.25, 0.3) is 0 Å². The summed E-state index contributed by atoms with van der Waals surface area (Å²) in [6, 6.07) is 9.23. The summed E-state index contributed by atoms with van der Waals surface area (Å²) < 4.78 is 58.4. The van der Waals surface area contributed by atoms with E-state index in [1.807, 2.05) is 30.3 Å². The van der Waals surface area contributed by atoms with Gasteiger partial charge in [-0.05, 0) is 18.4 Å². The van der Waals surface area contributed by atoms with Crippen molar-refractivity contribution in [3.63, 3.8) is 0 Å². The molecule has 0 radical (unpaired) electrons. The van der Waals surface area contributed by atoms with Gasteiger partial charge >= 0.3 is 21.3 Å². The second-order valence-corrected chi connectivity index (χ2v) is 5.66. The number of benzene rings is 1. The number of rotatable bonds is 7. The van der Waals surface area contributed by atoms with Crippen LogP contribution in [-0.2, 0) is 26.1 Å². The van der Waals surface area contributed by atoms with E-state index in [1.165, 1.54) is 0 Å². The monoisotopic (exact) mass is 308 g/mol. The molecular formula is C12H14F2O5S. The zero-order valence-electron chi connectivity index (χ0n) is 10.5. The molecule has 0 aliphatic heterocycles. The van der Waals surface area contributed by atoms with Crippen LogP contribution in [0.25, 0.3) is 0 Å². The standard InChI is InChI=1S/C12H14F2O5S/c13-12(14,20(16,17)18)9-19-11(15)8-4-7-10-5-2-1-3-6-10/h1-3,5-6H,4,7-9H2,(H,16,17,18). The molecule has 0 heterocycles. The van der Waals surface area contributed by atoms with Crippen molar-refractivity contribution in [2.45, 2.75) is 24.5 Å². The Kier molecular flexibility index (Phi) is 5.58. The van der Waals surface area contributed by atoms with Crippen LogP contribution in [0.1, 0.15) is 18.4 Å². The van der Waals surface area contributed by atoms with E-state index in [0.717, 1.165) is 5.56 Å². The first-order chi connectivity index (χ1) is 9.22. The predicted octanol–water partition coefficient (Wildman–Crippen LogP) is 2.03. The second kappa shape index (κ2) is 6.76. The van der Waals surface area contributed by atoms with Gasteiger partial charge < -0.3 is 4.74 Å². The number of carbonyl (C=O) groups excluding carboxylic acids is 1. The van der Waals surface area contributed by atoms with Gasteiger partial charge in [0, 0.05) is 6.42 Å². The number of aryl methyl sites for hydroxylation is 1. The molecule has 0 aliphatic rings. The van der Waals surface area contributed by atoms with Gasteiger partial charge in [0.15, 0.2) is 6.61 Å². The van der Waals surface area contributed by atoms with Crippen LogP contribution in [0.5, 0.6) is 0 Å². The third-order valence-electron chi connectivity index (χ3n) is 2.47. The smallest absolute Gasteiger partial charge is 0.402 e. The van der Waals surface area contributed by atoms with Gasteiger partial charge in [-0.25, -0.2) is 0 Å². The lowest BCUT2D eigenvalue weighted by Gasteiger charge is -2.12. The molecule has 0 saturated heterocycles. The summed E-state index contributed by atoms with van der Waals surface area (Å²) in [6.45, 7) is -1.68. The first kappa shape index (κ1) is 16.5. The first-order valence-electron chi connectivity index (χ1n) is 5.77. The summed E-state index contributed by atoms with van der Waals surface area (Å²) in [6.07, 6.45) is 0.849. The number of alkyl halides is 2. The van der Waals surface area contributed by atoms with Crippen molar-refractivity contribution in [2.75, 3.05) is 6.61 Å². The van der Waals surface area contributed by atoms with Gasteiger partial charge in [-0.15, -0.1) is 0 Å². The van der Waals surface area contributed by atoms with Crippen molar-refractivity contribution in [2.24, 2.45) is 0 Å². The predicted molar refractivity (Wildman–Crippen MR) is 66.8 cm³/mol. The molecule has 0 aliphatic carbocycles. The van der Waals surface area contributed by atoms with E-state index in [4.69, 9.17) is 4.55 Å². The fourth-order valence-electron chi connectivity index (χ4n) is 1.39. The molecule has 20 heavy (non-hydrogen) atoms. The maximum atomic E-state index is 12.8. The van der Waals surface area contributed by atoms with Gasteiger partial charge in [0.05, 0.1) is 0 Å². The SMILES string of the molecule is O=C(CCCc1ccccc1)OCC(F)(F)S(=O)(=O)O. The van der Waals surface area contributed by atoms with E-state index < -0.39 is 27.9 Å². The minimum absolute atomic E-state index is 0.115. The quantitative estimate of drug-likeness (QED) is 0.616. The zero-order valence-corrected chi connectivity index (χ0v) is 11.3. The van der Waals surface area contributed by atoms with E-state index in [0.29, 0.717) is 12.8 Å². The van der Waals surface area contributed by atoms with Crippen LogP contribution < -0.4 is 0 Å². The summed E-state index contributed by atoms with van der Waals surface area (Å²) in [5.74, 6) is -0.941. The van der Waals surface area contributed by atoms with Gasteiger partial charge in [0.1, 0.15) is 0 Å². The highest BCUT2D eigenvalue weighted by Crippen LogP contribution is 2.20. The first-order valence-corrected chi connectivity index (χ1v) is 7.21. The van der Waals surface area contributed by atoms with E-state index in [2.05, 4.69) is 4.74 Å². The molecule has 0 spiro atoms. The number of carbonyl (C=O) groups is 1. The molecule has 0 amide bonds. The Balaban J connectivity index is 2.31. The molecule has 1 rings (SSSR count). The van der Waals surface area contributed by atoms with Crippen LogP contribution in [0.15, 0.2) is 30.3 Å². The Hall–Kier alpha value is -1.54. The van der Waals surface area contributed by atoms with Crippen LogP contribution in [0.2, 0.25) is 0 Å². The normalized spacial score (nSPS) is 12.2. The fourth-order valence-corrected chi connectivity index (χ4v) is 1.60. The summed E-state index contributed by atoms with van der Waals surface area (Å²) in [4.78, 5) is 11.2. The molecule has 112 valence electrons. The van der Waals surface area contributed by atoms with Crippen molar-refractivity contribution in [1.82, 2.24) is 0 Å².